The zero-order valence-corrected chi connectivity index (χ0v) is 14.2. The summed E-state index contributed by atoms with van der Waals surface area (Å²) in [5.74, 6) is 0.694. The van der Waals surface area contributed by atoms with Crippen LogP contribution in [0.4, 0.5) is 10.2 Å². The van der Waals surface area contributed by atoms with Crippen LogP contribution < -0.4 is 19.9 Å². The number of aromatic nitrogens is 1. The summed E-state index contributed by atoms with van der Waals surface area (Å²) in [6.45, 7) is 0. The Morgan fingerprint density at radius 1 is 1.12 bits per heavy atom. The predicted octanol–water partition coefficient (Wildman–Crippen LogP) is 3.29. The summed E-state index contributed by atoms with van der Waals surface area (Å²) >= 11 is 0. The molecule has 0 amide bonds. The maximum Gasteiger partial charge on any atom is 0.182 e. The Kier molecular flexibility index (Phi) is 4.88. The van der Waals surface area contributed by atoms with Gasteiger partial charge in [0.1, 0.15) is 17.4 Å². The normalized spacial score (nSPS) is 11.8. The highest BCUT2D eigenvalue weighted by molar-refractivity contribution is 5.91. The minimum Gasteiger partial charge on any atom is -0.493 e. The molecule has 134 valence electrons. The highest BCUT2D eigenvalue weighted by atomic mass is 19.1. The van der Waals surface area contributed by atoms with E-state index in [2.05, 4.69) is 4.98 Å². The Hall–Kier alpha value is -3.35. The van der Waals surface area contributed by atoms with Gasteiger partial charge in [-0.1, -0.05) is 0 Å². The molecule has 0 aliphatic rings. The second-order valence-electron chi connectivity index (χ2n) is 5.48. The summed E-state index contributed by atoms with van der Waals surface area (Å²) in [5, 5.41) is 1.56. The number of hydrogen-bond donors (Lipinski definition) is 1. The summed E-state index contributed by atoms with van der Waals surface area (Å²) in [5.41, 5.74) is 5.87. The molecule has 2 aromatic carbocycles. The maximum absolute atomic E-state index is 14.4. The van der Waals surface area contributed by atoms with E-state index in [4.69, 9.17) is 19.9 Å². The Morgan fingerprint density at radius 3 is 2.54 bits per heavy atom. The molecule has 0 saturated heterocycles. The van der Waals surface area contributed by atoms with Crippen molar-refractivity contribution >= 4 is 22.9 Å². The molecule has 0 aliphatic carbocycles. The number of pyridine rings is 1. The SMILES string of the molecule is COc1cc(F)c(C(C=O)Oc2ccc3c(N)nccc3c2)cc1OC. The van der Waals surface area contributed by atoms with Crippen molar-refractivity contribution in [1.29, 1.82) is 0 Å². The second-order valence-corrected chi connectivity index (χ2v) is 5.48. The van der Waals surface area contributed by atoms with Gasteiger partial charge in [0.05, 0.1) is 14.2 Å². The third kappa shape index (κ3) is 3.23. The van der Waals surface area contributed by atoms with Gasteiger partial charge in [0, 0.05) is 23.2 Å². The maximum atomic E-state index is 14.4. The van der Waals surface area contributed by atoms with E-state index in [9.17, 15) is 9.18 Å². The monoisotopic (exact) mass is 356 g/mol. The van der Waals surface area contributed by atoms with Gasteiger partial charge in [-0.15, -0.1) is 0 Å². The average molecular weight is 356 g/mol. The fourth-order valence-electron chi connectivity index (χ4n) is 2.65. The molecule has 1 aromatic heterocycles. The Balaban J connectivity index is 1.96. The van der Waals surface area contributed by atoms with Crippen LogP contribution in [0.5, 0.6) is 17.2 Å². The number of nitrogens with two attached hydrogens (primary N) is 1. The van der Waals surface area contributed by atoms with Crippen molar-refractivity contribution in [3.05, 3.63) is 54.0 Å². The van der Waals surface area contributed by atoms with E-state index < -0.39 is 11.9 Å². The smallest absolute Gasteiger partial charge is 0.182 e. The number of halogens is 1. The topological polar surface area (TPSA) is 83.7 Å². The fraction of sp³-hybridized carbons (Fsp3) is 0.158. The molecule has 1 unspecified atom stereocenters. The van der Waals surface area contributed by atoms with Crippen LogP contribution in [0.2, 0.25) is 0 Å². The molecule has 3 aromatic rings. The summed E-state index contributed by atoms with van der Waals surface area (Å²) in [6.07, 6.45) is 0.952. The van der Waals surface area contributed by atoms with Gasteiger partial charge in [0.15, 0.2) is 23.9 Å². The van der Waals surface area contributed by atoms with E-state index in [0.717, 1.165) is 16.8 Å². The van der Waals surface area contributed by atoms with Crippen molar-refractivity contribution in [2.45, 2.75) is 6.10 Å². The number of carbonyl (C=O) groups is 1. The number of rotatable bonds is 6. The van der Waals surface area contributed by atoms with Gasteiger partial charge in [0.25, 0.3) is 0 Å². The van der Waals surface area contributed by atoms with Crippen molar-refractivity contribution in [2.75, 3.05) is 20.0 Å². The van der Waals surface area contributed by atoms with Crippen LogP contribution >= 0.6 is 0 Å². The number of hydrogen-bond acceptors (Lipinski definition) is 6. The molecule has 0 spiro atoms. The van der Waals surface area contributed by atoms with Crippen molar-refractivity contribution in [2.24, 2.45) is 0 Å². The number of carbonyl (C=O) groups excluding carboxylic acids is 1. The summed E-state index contributed by atoms with van der Waals surface area (Å²) in [7, 11) is 2.83. The van der Waals surface area contributed by atoms with E-state index in [1.807, 2.05) is 0 Å². The number of anilines is 1. The molecule has 0 radical (unpaired) electrons. The van der Waals surface area contributed by atoms with E-state index in [-0.39, 0.29) is 11.3 Å². The number of methoxy groups -OCH3 is 2. The highest BCUT2D eigenvalue weighted by Crippen LogP contribution is 2.34. The van der Waals surface area contributed by atoms with E-state index >= 15 is 0 Å². The molecule has 7 heteroatoms. The van der Waals surface area contributed by atoms with Gasteiger partial charge in [-0.25, -0.2) is 9.37 Å². The van der Waals surface area contributed by atoms with Crippen LogP contribution in [0.1, 0.15) is 11.7 Å². The van der Waals surface area contributed by atoms with Gasteiger partial charge in [0.2, 0.25) is 0 Å². The van der Waals surface area contributed by atoms with Gasteiger partial charge in [-0.05, 0) is 35.7 Å². The third-order valence-electron chi connectivity index (χ3n) is 3.96. The third-order valence-corrected chi connectivity index (χ3v) is 3.96. The standard InChI is InChI=1S/C19H17FN2O4/c1-24-16-8-14(15(20)9-17(16)25-2)18(10-23)26-12-3-4-13-11(7-12)5-6-22-19(13)21/h3-10,18H,1-2H3,(H2,21,22). The van der Waals surface area contributed by atoms with Gasteiger partial charge < -0.3 is 19.9 Å². The number of nitrogens with zero attached hydrogens (tertiary/aromatic N) is 1. The molecule has 0 bridgehead atoms. The molecule has 1 atom stereocenters. The molecule has 0 saturated carbocycles. The first-order valence-corrected chi connectivity index (χ1v) is 7.75. The van der Waals surface area contributed by atoms with Crippen LogP contribution in [0.3, 0.4) is 0 Å². The molecule has 0 aliphatic heterocycles. The minimum absolute atomic E-state index is 0.0481. The number of benzene rings is 2. The lowest BCUT2D eigenvalue weighted by atomic mass is 10.1. The number of fused-ring (bicyclic) bond motifs is 1. The van der Waals surface area contributed by atoms with Crippen LogP contribution in [0.25, 0.3) is 10.8 Å². The average Bonchev–Trinajstić information content (AvgIpc) is 2.66. The molecule has 3 rings (SSSR count). The van der Waals surface area contributed by atoms with Crippen molar-refractivity contribution in [1.82, 2.24) is 4.98 Å². The Labute approximate surface area is 149 Å². The summed E-state index contributed by atoms with van der Waals surface area (Å²) in [6, 6.07) is 9.40. The van der Waals surface area contributed by atoms with E-state index in [1.54, 1.807) is 30.5 Å². The van der Waals surface area contributed by atoms with Crippen molar-refractivity contribution in [3.8, 4) is 17.2 Å². The lowest BCUT2D eigenvalue weighted by Gasteiger charge is -2.17. The van der Waals surface area contributed by atoms with E-state index in [1.165, 1.54) is 20.3 Å². The van der Waals surface area contributed by atoms with Crippen LogP contribution in [0.15, 0.2) is 42.6 Å². The van der Waals surface area contributed by atoms with Crippen molar-refractivity contribution in [3.63, 3.8) is 0 Å². The van der Waals surface area contributed by atoms with E-state index in [0.29, 0.717) is 23.6 Å². The fourth-order valence-corrected chi connectivity index (χ4v) is 2.65. The molecule has 6 nitrogen and oxygen atoms in total. The summed E-state index contributed by atoms with van der Waals surface area (Å²) in [4.78, 5) is 15.6. The van der Waals surface area contributed by atoms with Crippen molar-refractivity contribution < 1.29 is 23.4 Å². The molecular formula is C19H17FN2O4. The Bertz CT molecular complexity index is 962. The first kappa shape index (κ1) is 17.5. The van der Waals surface area contributed by atoms with Crippen LogP contribution in [-0.2, 0) is 4.79 Å². The number of nitrogen functional groups attached to an aromatic ring is 1. The van der Waals surface area contributed by atoms with Gasteiger partial charge in [-0.2, -0.15) is 0 Å². The van der Waals surface area contributed by atoms with Gasteiger partial charge in [-0.3, -0.25) is 4.79 Å². The number of aldehydes is 1. The lowest BCUT2D eigenvalue weighted by Crippen LogP contribution is -2.11. The zero-order valence-electron chi connectivity index (χ0n) is 14.2. The zero-order chi connectivity index (χ0) is 18.7. The van der Waals surface area contributed by atoms with Crippen LogP contribution in [0, 0.1) is 5.82 Å². The Morgan fingerprint density at radius 2 is 1.85 bits per heavy atom. The molecule has 26 heavy (non-hydrogen) atoms. The van der Waals surface area contributed by atoms with Crippen LogP contribution in [-0.4, -0.2) is 25.5 Å². The molecule has 1 heterocycles. The first-order chi connectivity index (χ1) is 12.6. The predicted molar refractivity (Wildman–Crippen MR) is 95.1 cm³/mol. The largest absolute Gasteiger partial charge is 0.493 e. The summed E-state index contributed by atoms with van der Waals surface area (Å²) < 4.78 is 30.3. The highest BCUT2D eigenvalue weighted by Gasteiger charge is 2.21. The minimum atomic E-state index is -1.15. The molecular weight excluding hydrogens is 339 g/mol. The molecule has 0 fully saturated rings. The lowest BCUT2D eigenvalue weighted by molar-refractivity contribution is -0.114. The quantitative estimate of drug-likeness (QED) is 0.682. The number of ether oxygens (including phenoxy) is 3. The molecule has 2 N–H and O–H groups in total. The second kappa shape index (κ2) is 7.26. The van der Waals surface area contributed by atoms with Gasteiger partial charge >= 0.3 is 0 Å². The first-order valence-electron chi connectivity index (χ1n) is 7.75.